The molecule has 0 fully saturated rings. The summed E-state index contributed by atoms with van der Waals surface area (Å²) >= 11 is 6.08. The van der Waals surface area contributed by atoms with Crippen molar-refractivity contribution in [3.63, 3.8) is 0 Å². The maximum absolute atomic E-state index is 13.3. The van der Waals surface area contributed by atoms with Crippen molar-refractivity contribution in [1.82, 2.24) is 10.2 Å². The zero-order valence-corrected chi connectivity index (χ0v) is 18.9. The Bertz CT molecular complexity index is 856. The van der Waals surface area contributed by atoms with Gasteiger partial charge in [-0.2, -0.15) is 0 Å². The van der Waals surface area contributed by atoms with Crippen LogP contribution in [0.5, 0.6) is 5.75 Å². The fourth-order valence-electron chi connectivity index (χ4n) is 3.25. The second kappa shape index (κ2) is 11.6. The van der Waals surface area contributed by atoms with Crippen LogP contribution in [-0.4, -0.2) is 35.9 Å². The molecule has 0 heterocycles. The van der Waals surface area contributed by atoms with E-state index in [1.54, 1.807) is 24.1 Å². The third kappa shape index (κ3) is 6.77. The largest absolute Gasteiger partial charge is 0.497 e. The van der Waals surface area contributed by atoms with Crippen LogP contribution in [0.25, 0.3) is 0 Å². The second-order valence-electron chi connectivity index (χ2n) is 7.42. The lowest BCUT2D eigenvalue weighted by Crippen LogP contribution is -2.51. The summed E-state index contributed by atoms with van der Waals surface area (Å²) in [5, 5.41) is 3.60. The first-order valence-corrected chi connectivity index (χ1v) is 10.7. The highest BCUT2D eigenvalue weighted by Crippen LogP contribution is 2.19. The van der Waals surface area contributed by atoms with Gasteiger partial charge in [-0.3, -0.25) is 9.59 Å². The topological polar surface area (TPSA) is 58.6 Å². The van der Waals surface area contributed by atoms with Crippen molar-refractivity contribution >= 4 is 23.4 Å². The number of ether oxygens (including phenoxy) is 1. The monoisotopic (exact) mass is 430 g/mol. The molecule has 0 spiro atoms. The average Bonchev–Trinajstić information content (AvgIpc) is 2.73. The molecule has 2 unspecified atom stereocenters. The Morgan fingerprint density at radius 2 is 1.77 bits per heavy atom. The number of rotatable bonds is 10. The van der Waals surface area contributed by atoms with Crippen molar-refractivity contribution in [2.75, 3.05) is 7.11 Å². The summed E-state index contributed by atoms with van der Waals surface area (Å²) < 4.78 is 5.31. The molecule has 2 aromatic rings. The Hall–Kier alpha value is -2.53. The fraction of sp³-hybridized carbons (Fsp3) is 0.417. The lowest BCUT2D eigenvalue weighted by molar-refractivity contribution is -0.141. The number of carbonyl (C=O) groups excluding carboxylic acids is 2. The Morgan fingerprint density at radius 3 is 2.40 bits per heavy atom. The van der Waals surface area contributed by atoms with Gasteiger partial charge < -0.3 is 15.0 Å². The van der Waals surface area contributed by atoms with Crippen LogP contribution in [0.3, 0.4) is 0 Å². The maximum Gasteiger partial charge on any atom is 0.243 e. The highest BCUT2D eigenvalue weighted by molar-refractivity contribution is 6.30. The van der Waals surface area contributed by atoms with E-state index in [1.165, 1.54) is 0 Å². The molecule has 2 atom stereocenters. The van der Waals surface area contributed by atoms with Crippen LogP contribution < -0.4 is 10.1 Å². The number of nitrogens with one attached hydrogen (secondary N) is 1. The SMILES string of the molecule is CCC(C)NC(=O)C(CC)N(Cc1cccc(OC)c1)C(=O)Cc1cccc(Cl)c1. The zero-order valence-electron chi connectivity index (χ0n) is 18.2. The molecule has 0 aromatic heterocycles. The highest BCUT2D eigenvalue weighted by atomic mass is 35.5. The third-order valence-corrected chi connectivity index (χ3v) is 5.35. The van der Waals surface area contributed by atoms with Crippen LogP contribution in [0.4, 0.5) is 0 Å². The highest BCUT2D eigenvalue weighted by Gasteiger charge is 2.29. The summed E-state index contributed by atoms with van der Waals surface area (Å²) in [7, 11) is 1.61. The first-order chi connectivity index (χ1) is 14.4. The molecule has 0 bridgehead atoms. The number of halogens is 1. The van der Waals surface area contributed by atoms with Crippen LogP contribution in [-0.2, 0) is 22.6 Å². The van der Waals surface area contributed by atoms with Gasteiger partial charge in [-0.15, -0.1) is 0 Å². The standard InChI is InChI=1S/C24H31ClN2O3/c1-5-17(3)26-24(29)22(6-2)27(16-19-10-8-12-21(14-19)30-4)23(28)15-18-9-7-11-20(25)13-18/h7-14,17,22H,5-6,15-16H2,1-4H3,(H,26,29). The summed E-state index contributed by atoms with van der Waals surface area (Å²) in [4.78, 5) is 27.9. The van der Waals surface area contributed by atoms with Gasteiger partial charge in [-0.05, 0) is 55.2 Å². The third-order valence-electron chi connectivity index (χ3n) is 5.12. The van der Waals surface area contributed by atoms with E-state index in [2.05, 4.69) is 5.32 Å². The number of benzene rings is 2. The molecule has 30 heavy (non-hydrogen) atoms. The predicted molar refractivity (Wildman–Crippen MR) is 121 cm³/mol. The molecule has 0 aliphatic heterocycles. The van der Waals surface area contributed by atoms with Crippen molar-refractivity contribution in [1.29, 1.82) is 0 Å². The minimum Gasteiger partial charge on any atom is -0.497 e. The number of hydrogen-bond acceptors (Lipinski definition) is 3. The van der Waals surface area contributed by atoms with Crippen molar-refractivity contribution < 1.29 is 14.3 Å². The van der Waals surface area contributed by atoms with Gasteiger partial charge in [0.15, 0.2) is 0 Å². The van der Waals surface area contributed by atoms with E-state index in [0.29, 0.717) is 23.7 Å². The summed E-state index contributed by atoms with van der Waals surface area (Å²) in [5.74, 6) is 0.465. The minimum absolute atomic E-state index is 0.0493. The molecule has 0 saturated carbocycles. The van der Waals surface area contributed by atoms with E-state index < -0.39 is 6.04 Å². The van der Waals surface area contributed by atoms with E-state index in [0.717, 1.165) is 17.5 Å². The molecular formula is C24H31ClN2O3. The van der Waals surface area contributed by atoms with Gasteiger partial charge in [-0.1, -0.05) is 49.7 Å². The molecule has 2 rings (SSSR count). The van der Waals surface area contributed by atoms with Gasteiger partial charge in [-0.25, -0.2) is 0 Å². The van der Waals surface area contributed by atoms with Crippen LogP contribution in [0, 0.1) is 0 Å². The van der Waals surface area contributed by atoms with E-state index >= 15 is 0 Å². The molecule has 162 valence electrons. The van der Waals surface area contributed by atoms with Gasteiger partial charge >= 0.3 is 0 Å². The van der Waals surface area contributed by atoms with E-state index in [9.17, 15) is 9.59 Å². The Labute approximate surface area is 184 Å². The number of hydrogen-bond donors (Lipinski definition) is 1. The molecule has 0 radical (unpaired) electrons. The maximum atomic E-state index is 13.3. The van der Waals surface area contributed by atoms with Crippen molar-refractivity contribution in [3.8, 4) is 5.75 Å². The van der Waals surface area contributed by atoms with Crippen LogP contribution in [0.1, 0.15) is 44.7 Å². The first kappa shape index (κ1) is 23.7. The minimum atomic E-state index is -0.558. The smallest absolute Gasteiger partial charge is 0.243 e. The van der Waals surface area contributed by atoms with Crippen LogP contribution in [0.15, 0.2) is 48.5 Å². The Morgan fingerprint density at radius 1 is 1.07 bits per heavy atom. The summed E-state index contributed by atoms with van der Waals surface area (Å²) in [6.45, 7) is 6.23. The van der Waals surface area contributed by atoms with Crippen LogP contribution in [0.2, 0.25) is 5.02 Å². The normalized spacial score (nSPS) is 12.7. The van der Waals surface area contributed by atoms with Crippen LogP contribution >= 0.6 is 11.6 Å². The lowest BCUT2D eigenvalue weighted by Gasteiger charge is -2.31. The molecule has 0 aliphatic carbocycles. The fourth-order valence-corrected chi connectivity index (χ4v) is 3.46. The molecular weight excluding hydrogens is 400 g/mol. The summed E-state index contributed by atoms with van der Waals surface area (Å²) in [6, 6.07) is 14.3. The van der Waals surface area contributed by atoms with E-state index in [-0.39, 0.29) is 24.3 Å². The summed E-state index contributed by atoms with van der Waals surface area (Å²) in [6.07, 6.45) is 1.53. The Balaban J connectivity index is 2.31. The summed E-state index contributed by atoms with van der Waals surface area (Å²) in [5.41, 5.74) is 1.73. The Kier molecular flexibility index (Phi) is 9.18. The van der Waals surface area contributed by atoms with Crippen molar-refractivity contribution in [2.45, 2.75) is 58.7 Å². The average molecular weight is 431 g/mol. The van der Waals surface area contributed by atoms with E-state index in [1.807, 2.05) is 57.2 Å². The van der Waals surface area contributed by atoms with Gasteiger partial charge in [0.1, 0.15) is 11.8 Å². The molecule has 2 amide bonds. The van der Waals surface area contributed by atoms with Gasteiger partial charge in [0.25, 0.3) is 0 Å². The quantitative estimate of drug-likeness (QED) is 0.598. The lowest BCUT2D eigenvalue weighted by atomic mass is 10.1. The molecule has 6 heteroatoms. The first-order valence-electron chi connectivity index (χ1n) is 10.3. The molecule has 0 aliphatic rings. The van der Waals surface area contributed by atoms with Gasteiger partial charge in [0.05, 0.1) is 13.5 Å². The predicted octanol–water partition coefficient (Wildman–Crippen LogP) is 4.61. The number of amides is 2. The van der Waals surface area contributed by atoms with Gasteiger partial charge in [0.2, 0.25) is 11.8 Å². The molecule has 0 saturated heterocycles. The molecule has 1 N–H and O–H groups in total. The van der Waals surface area contributed by atoms with E-state index in [4.69, 9.17) is 16.3 Å². The van der Waals surface area contributed by atoms with Crippen molar-refractivity contribution in [2.24, 2.45) is 0 Å². The van der Waals surface area contributed by atoms with Crippen molar-refractivity contribution in [3.05, 3.63) is 64.7 Å². The van der Waals surface area contributed by atoms with Gasteiger partial charge in [0, 0.05) is 17.6 Å². The number of carbonyl (C=O) groups is 2. The zero-order chi connectivity index (χ0) is 22.1. The molecule has 5 nitrogen and oxygen atoms in total. The number of methoxy groups -OCH3 is 1. The molecule has 2 aromatic carbocycles. The number of nitrogens with zero attached hydrogens (tertiary/aromatic N) is 1. The second-order valence-corrected chi connectivity index (χ2v) is 7.86.